The van der Waals surface area contributed by atoms with Gasteiger partial charge in [-0.1, -0.05) is 20.8 Å². The van der Waals surface area contributed by atoms with Crippen molar-refractivity contribution in [2.24, 2.45) is 11.3 Å². The predicted molar refractivity (Wildman–Crippen MR) is 71.2 cm³/mol. The lowest BCUT2D eigenvalue weighted by Crippen LogP contribution is -2.35. The molecule has 0 spiro atoms. The van der Waals surface area contributed by atoms with Gasteiger partial charge in [-0.05, 0) is 18.1 Å². The molecule has 0 aromatic rings. The Labute approximate surface area is 108 Å². The maximum atomic E-state index is 11.4. The first kappa shape index (κ1) is 16.3. The second-order valence-corrected chi connectivity index (χ2v) is 6.33. The number of carbonyl (C=O) groups excluding carboxylic acids is 1. The molecule has 4 nitrogen and oxygen atoms in total. The maximum absolute atomic E-state index is 11.4. The Bertz CT molecular complexity index is 261. The number of hydrogen-bond donors (Lipinski definition) is 2. The minimum atomic E-state index is -0.843. The van der Waals surface area contributed by atoms with Gasteiger partial charge in [0.05, 0.1) is 5.92 Å². The summed E-state index contributed by atoms with van der Waals surface area (Å²) in [5.41, 5.74) is -0.0486. The summed E-state index contributed by atoms with van der Waals surface area (Å²) >= 11 is 1.60. The summed E-state index contributed by atoms with van der Waals surface area (Å²) in [7, 11) is 0. The van der Waals surface area contributed by atoms with E-state index in [9.17, 15) is 9.59 Å². The van der Waals surface area contributed by atoms with Crippen LogP contribution < -0.4 is 5.32 Å². The Morgan fingerprint density at radius 1 is 1.35 bits per heavy atom. The fourth-order valence-corrected chi connectivity index (χ4v) is 1.90. The molecule has 0 rings (SSSR count). The number of carboxylic acids is 1. The van der Waals surface area contributed by atoms with Crippen LogP contribution in [0.2, 0.25) is 0 Å². The quantitative estimate of drug-likeness (QED) is 0.735. The molecule has 1 amide bonds. The highest BCUT2D eigenvalue weighted by Gasteiger charge is 2.24. The van der Waals surface area contributed by atoms with E-state index in [0.29, 0.717) is 12.8 Å². The van der Waals surface area contributed by atoms with Crippen molar-refractivity contribution < 1.29 is 14.7 Å². The van der Waals surface area contributed by atoms with Crippen molar-refractivity contribution >= 4 is 23.6 Å². The number of carbonyl (C=O) groups is 2. The first-order valence-electron chi connectivity index (χ1n) is 5.74. The third-order valence-corrected chi connectivity index (χ3v) is 2.90. The Morgan fingerprint density at radius 3 is 2.35 bits per heavy atom. The SMILES string of the molecule is CSCCC(=O)NCC(CC(C)(C)C)C(=O)O. The summed E-state index contributed by atoms with van der Waals surface area (Å²) < 4.78 is 0. The van der Waals surface area contributed by atoms with Crippen molar-refractivity contribution in [2.45, 2.75) is 33.6 Å². The standard InChI is InChI=1S/C12H23NO3S/c1-12(2,3)7-9(11(15)16)8-13-10(14)5-6-17-4/h9H,5-8H2,1-4H3,(H,13,14)(H,15,16). The minimum Gasteiger partial charge on any atom is -0.481 e. The van der Waals surface area contributed by atoms with Crippen LogP contribution >= 0.6 is 11.8 Å². The monoisotopic (exact) mass is 261 g/mol. The van der Waals surface area contributed by atoms with Gasteiger partial charge in [0, 0.05) is 18.7 Å². The van der Waals surface area contributed by atoms with Crippen molar-refractivity contribution in [3.05, 3.63) is 0 Å². The molecule has 100 valence electrons. The molecule has 0 aliphatic rings. The predicted octanol–water partition coefficient (Wildman–Crippen LogP) is 1.99. The van der Waals surface area contributed by atoms with Crippen molar-refractivity contribution in [3.8, 4) is 0 Å². The van der Waals surface area contributed by atoms with E-state index in [2.05, 4.69) is 5.32 Å². The number of amides is 1. The number of rotatable bonds is 7. The third-order valence-electron chi connectivity index (χ3n) is 2.29. The van der Waals surface area contributed by atoms with Crippen molar-refractivity contribution in [3.63, 3.8) is 0 Å². The molecule has 0 saturated heterocycles. The average molecular weight is 261 g/mol. The molecule has 0 aliphatic heterocycles. The van der Waals surface area contributed by atoms with E-state index in [4.69, 9.17) is 5.11 Å². The van der Waals surface area contributed by atoms with Gasteiger partial charge in [0.2, 0.25) is 5.91 Å². The number of nitrogens with one attached hydrogen (secondary N) is 1. The molecule has 2 N–H and O–H groups in total. The van der Waals surface area contributed by atoms with Gasteiger partial charge in [-0.2, -0.15) is 11.8 Å². The zero-order chi connectivity index (χ0) is 13.5. The summed E-state index contributed by atoms with van der Waals surface area (Å²) in [6.07, 6.45) is 2.95. The molecule has 0 bridgehead atoms. The van der Waals surface area contributed by atoms with Gasteiger partial charge in [0.15, 0.2) is 0 Å². The molecule has 1 unspecified atom stereocenters. The number of thioether (sulfide) groups is 1. The van der Waals surface area contributed by atoms with Crippen LogP contribution in [0.5, 0.6) is 0 Å². The van der Waals surface area contributed by atoms with E-state index in [1.54, 1.807) is 11.8 Å². The molecule has 0 fully saturated rings. The smallest absolute Gasteiger partial charge is 0.308 e. The van der Waals surface area contributed by atoms with E-state index >= 15 is 0 Å². The fourth-order valence-electron chi connectivity index (χ4n) is 1.51. The Morgan fingerprint density at radius 2 is 1.94 bits per heavy atom. The molecule has 0 saturated carbocycles. The van der Waals surface area contributed by atoms with Gasteiger partial charge in [-0.15, -0.1) is 0 Å². The van der Waals surface area contributed by atoms with Crippen molar-refractivity contribution in [1.82, 2.24) is 5.32 Å². The zero-order valence-corrected chi connectivity index (χ0v) is 11.9. The molecule has 5 heteroatoms. The molecular formula is C12H23NO3S. The highest BCUT2D eigenvalue weighted by Crippen LogP contribution is 2.24. The summed E-state index contributed by atoms with van der Waals surface area (Å²) in [4.78, 5) is 22.4. The summed E-state index contributed by atoms with van der Waals surface area (Å²) in [6, 6.07) is 0. The topological polar surface area (TPSA) is 66.4 Å². The van der Waals surface area contributed by atoms with Gasteiger partial charge in [-0.3, -0.25) is 9.59 Å². The van der Waals surface area contributed by atoms with Gasteiger partial charge in [-0.25, -0.2) is 0 Å². The Kier molecular flexibility index (Phi) is 7.27. The number of aliphatic carboxylic acids is 1. The second-order valence-electron chi connectivity index (χ2n) is 5.35. The van der Waals surface area contributed by atoms with E-state index in [1.165, 1.54) is 0 Å². The van der Waals surface area contributed by atoms with Crippen molar-refractivity contribution in [1.29, 1.82) is 0 Å². The summed E-state index contributed by atoms with van der Waals surface area (Å²) in [5.74, 6) is -0.652. The van der Waals surface area contributed by atoms with Crippen LogP contribution in [0.25, 0.3) is 0 Å². The molecule has 0 radical (unpaired) electrons. The number of carboxylic acid groups (broad SMARTS) is 1. The summed E-state index contributed by atoms with van der Waals surface area (Å²) in [5, 5.41) is 11.8. The highest BCUT2D eigenvalue weighted by atomic mass is 32.2. The van der Waals surface area contributed by atoms with E-state index < -0.39 is 11.9 Å². The van der Waals surface area contributed by atoms with Gasteiger partial charge >= 0.3 is 5.97 Å². The molecule has 1 atom stereocenters. The lowest BCUT2D eigenvalue weighted by atomic mass is 9.84. The zero-order valence-electron chi connectivity index (χ0n) is 11.1. The lowest BCUT2D eigenvalue weighted by molar-refractivity contribution is -0.142. The van der Waals surface area contributed by atoms with Crippen LogP contribution in [0.15, 0.2) is 0 Å². The van der Waals surface area contributed by atoms with Crippen LogP contribution in [0, 0.1) is 11.3 Å². The third kappa shape index (κ3) is 9.03. The molecule has 0 heterocycles. The van der Waals surface area contributed by atoms with Crippen LogP contribution in [0.4, 0.5) is 0 Å². The molecule has 0 aromatic carbocycles. The van der Waals surface area contributed by atoms with Crippen LogP contribution in [0.3, 0.4) is 0 Å². The largest absolute Gasteiger partial charge is 0.481 e. The fraction of sp³-hybridized carbons (Fsp3) is 0.833. The number of hydrogen-bond acceptors (Lipinski definition) is 3. The van der Waals surface area contributed by atoms with Crippen molar-refractivity contribution in [2.75, 3.05) is 18.6 Å². The lowest BCUT2D eigenvalue weighted by Gasteiger charge is -2.23. The molecule has 0 aliphatic carbocycles. The van der Waals surface area contributed by atoms with Crippen LogP contribution in [-0.2, 0) is 9.59 Å². The van der Waals surface area contributed by atoms with Gasteiger partial charge < -0.3 is 10.4 Å². The van der Waals surface area contributed by atoms with Crippen LogP contribution in [0.1, 0.15) is 33.6 Å². The average Bonchev–Trinajstić information content (AvgIpc) is 2.19. The molecule has 0 aromatic heterocycles. The Hall–Kier alpha value is -0.710. The van der Waals surface area contributed by atoms with Gasteiger partial charge in [0.1, 0.15) is 0 Å². The highest BCUT2D eigenvalue weighted by molar-refractivity contribution is 7.98. The maximum Gasteiger partial charge on any atom is 0.308 e. The molecule has 17 heavy (non-hydrogen) atoms. The second kappa shape index (κ2) is 7.58. The molecular weight excluding hydrogens is 238 g/mol. The summed E-state index contributed by atoms with van der Waals surface area (Å²) in [6.45, 7) is 6.22. The van der Waals surface area contributed by atoms with E-state index in [1.807, 2.05) is 27.0 Å². The first-order chi connectivity index (χ1) is 7.76. The van der Waals surface area contributed by atoms with Gasteiger partial charge in [0.25, 0.3) is 0 Å². The first-order valence-corrected chi connectivity index (χ1v) is 7.14. The van der Waals surface area contributed by atoms with E-state index in [-0.39, 0.29) is 17.9 Å². The normalized spacial score (nSPS) is 13.2. The minimum absolute atomic E-state index is 0.0486. The van der Waals surface area contributed by atoms with E-state index in [0.717, 1.165) is 5.75 Å². The van der Waals surface area contributed by atoms with Crippen LogP contribution in [-0.4, -0.2) is 35.5 Å². The Balaban J connectivity index is 4.10.